The van der Waals surface area contributed by atoms with E-state index in [9.17, 15) is 5.11 Å². The van der Waals surface area contributed by atoms with Gasteiger partial charge in [0.15, 0.2) is 0 Å². The van der Waals surface area contributed by atoms with Gasteiger partial charge >= 0.3 is 0 Å². The molecule has 0 aliphatic carbocycles. The first kappa shape index (κ1) is 17.2. The normalized spacial score (nSPS) is 24.9. The Morgan fingerprint density at radius 3 is 2.74 bits per heavy atom. The highest BCUT2D eigenvalue weighted by atomic mass is 35.5. The molecule has 0 bridgehead atoms. The number of aliphatic hydroxyl groups excluding tert-OH is 1. The van der Waals surface area contributed by atoms with E-state index in [2.05, 4.69) is 4.90 Å². The summed E-state index contributed by atoms with van der Waals surface area (Å²) in [6.45, 7) is 4.15. The van der Waals surface area contributed by atoms with Gasteiger partial charge in [-0.3, -0.25) is 0 Å². The minimum atomic E-state index is -0.534. The largest absolute Gasteiger partial charge is 0.387 e. The molecule has 23 heavy (non-hydrogen) atoms. The highest BCUT2D eigenvalue weighted by Crippen LogP contribution is 2.25. The fourth-order valence-electron chi connectivity index (χ4n) is 3.37. The third kappa shape index (κ3) is 4.91. The van der Waals surface area contributed by atoms with Gasteiger partial charge in [0.1, 0.15) is 0 Å². The van der Waals surface area contributed by atoms with Crippen LogP contribution in [-0.2, 0) is 9.47 Å². The average Bonchev–Trinajstić information content (AvgIpc) is 3.08. The molecule has 0 amide bonds. The summed E-state index contributed by atoms with van der Waals surface area (Å²) in [5.41, 5.74) is 0.811. The van der Waals surface area contributed by atoms with E-state index >= 15 is 0 Å². The van der Waals surface area contributed by atoms with Crippen LogP contribution in [0.1, 0.15) is 37.4 Å². The lowest BCUT2D eigenvalue weighted by Gasteiger charge is -2.33. The minimum absolute atomic E-state index is 0.301. The summed E-state index contributed by atoms with van der Waals surface area (Å²) in [5.74, 6) is 0. The molecule has 128 valence electrons. The predicted molar refractivity (Wildman–Crippen MR) is 90.8 cm³/mol. The zero-order valence-corrected chi connectivity index (χ0v) is 14.3. The average molecular weight is 340 g/mol. The summed E-state index contributed by atoms with van der Waals surface area (Å²) in [6.07, 6.45) is 4.41. The Kier molecular flexibility index (Phi) is 6.31. The predicted octanol–water partition coefficient (Wildman–Crippen LogP) is 3.03. The van der Waals surface area contributed by atoms with E-state index in [1.807, 2.05) is 24.3 Å². The highest BCUT2D eigenvalue weighted by molar-refractivity contribution is 6.31. The maximum absolute atomic E-state index is 10.4. The maximum Gasteiger partial charge on any atom is 0.0931 e. The Labute approximate surface area is 143 Å². The summed E-state index contributed by atoms with van der Waals surface area (Å²) >= 11 is 6.15. The molecule has 1 aromatic carbocycles. The fraction of sp³-hybridized carbons (Fsp3) is 0.667. The van der Waals surface area contributed by atoms with Gasteiger partial charge in [0.25, 0.3) is 0 Å². The molecule has 1 aromatic rings. The Hall–Kier alpha value is -0.650. The van der Waals surface area contributed by atoms with Crippen LogP contribution in [0.25, 0.3) is 0 Å². The Morgan fingerprint density at radius 1 is 1.26 bits per heavy atom. The van der Waals surface area contributed by atoms with E-state index in [1.54, 1.807) is 0 Å². The molecule has 0 radical (unpaired) electrons. The summed E-state index contributed by atoms with van der Waals surface area (Å²) in [5, 5.41) is 11.0. The van der Waals surface area contributed by atoms with E-state index in [-0.39, 0.29) is 0 Å². The second kappa shape index (κ2) is 8.45. The van der Waals surface area contributed by atoms with Gasteiger partial charge in [-0.15, -0.1) is 0 Å². The van der Waals surface area contributed by atoms with Crippen molar-refractivity contribution in [2.24, 2.45) is 0 Å². The van der Waals surface area contributed by atoms with Crippen LogP contribution < -0.4 is 0 Å². The van der Waals surface area contributed by atoms with Crippen molar-refractivity contribution in [3.63, 3.8) is 0 Å². The standard InChI is InChI=1S/C18H26ClNO3/c19-17-6-2-1-5-16(17)18(21)12-20-9-7-14(8-10-20)23-13-15-4-3-11-22-15/h1-2,5-6,14-15,18,21H,3-4,7-13H2. The summed E-state index contributed by atoms with van der Waals surface area (Å²) in [7, 11) is 0. The lowest BCUT2D eigenvalue weighted by atomic mass is 10.0. The van der Waals surface area contributed by atoms with Gasteiger partial charge in [0.05, 0.1) is 24.9 Å². The van der Waals surface area contributed by atoms with Crippen molar-refractivity contribution in [1.82, 2.24) is 4.90 Å². The quantitative estimate of drug-likeness (QED) is 0.865. The number of ether oxygens (including phenoxy) is 2. The first-order valence-electron chi connectivity index (χ1n) is 8.60. The maximum atomic E-state index is 10.4. The Balaban J connectivity index is 1.39. The van der Waals surface area contributed by atoms with Gasteiger partial charge in [0, 0.05) is 36.8 Å². The molecule has 2 unspecified atom stereocenters. The molecule has 2 saturated heterocycles. The topological polar surface area (TPSA) is 41.9 Å². The van der Waals surface area contributed by atoms with Gasteiger partial charge in [-0.2, -0.15) is 0 Å². The summed E-state index contributed by atoms with van der Waals surface area (Å²) < 4.78 is 11.6. The van der Waals surface area contributed by atoms with Crippen LogP contribution in [0.15, 0.2) is 24.3 Å². The third-order valence-corrected chi connectivity index (χ3v) is 5.12. The Morgan fingerprint density at radius 2 is 2.04 bits per heavy atom. The van der Waals surface area contributed by atoms with Crippen LogP contribution in [0.3, 0.4) is 0 Å². The molecule has 2 atom stereocenters. The summed E-state index contributed by atoms with van der Waals surface area (Å²) in [6, 6.07) is 7.51. The van der Waals surface area contributed by atoms with Gasteiger partial charge in [-0.1, -0.05) is 29.8 Å². The van der Waals surface area contributed by atoms with Crippen LogP contribution in [0, 0.1) is 0 Å². The molecule has 2 heterocycles. The number of β-amino-alcohol motifs (C(OH)–C–C–N with tert-alkyl or cyclic N) is 1. The van der Waals surface area contributed by atoms with Crippen LogP contribution >= 0.6 is 11.6 Å². The van der Waals surface area contributed by atoms with Crippen LogP contribution in [0.2, 0.25) is 5.02 Å². The molecular formula is C18H26ClNO3. The molecule has 1 N–H and O–H groups in total. The second-order valence-electron chi connectivity index (χ2n) is 6.51. The molecular weight excluding hydrogens is 314 g/mol. The van der Waals surface area contributed by atoms with Gasteiger partial charge in [-0.25, -0.2) is 0 Å². The van der Waals surface area contributed by atoms with Crippen molar-refractivity contribution in [3.8, 4) is 0 Å². The van der Waals surface area contributed by atoms with E-state index in [4.69, 9.17) is 21.1 Å². The van der Waals surface area contributed by atoms with Crippen LogP contribution in [0.5, 0.6) is 0 Å². The SMILES string of the molecule is OC(CN1CCC(OCC2CCCO2)CC1)c1ccccc1Cl. The smallest absolute Gasteiger partial charge is 0.0931 e. The molecule has 0 aromatic heterocycles. The molecule has 0 saturated carbocycles. The highest BCUT2D eigenvalue weighted by Gasteiger charge is 2.24. The van der Waals surface area contributed by atoms with Gasteiger partial charge in [-0.05, 0) is 31.7 Å². The Bertz CT molecular complexity index is 485. The van der Waals surface area contributed by atoms with E-state index in [0.29, 0.717) is 23.8 Å². The third-order valence-electron chi connectivity index (χ3n) is 4.77. The molecule has 2 aliphatic heterocycles. The second-order valence-corrected chi connectivity index (χ2v) is 6.91. The monoisotopic (exact) mass is 339 g/mol. The zero-order valence-electron chi connectivity index (χ0n) is 13.5. The summed E-state index contributed by atoms with van der Waals surface area (Å²) in [4.78, 5) is 2.29. The first-order chi connectivity index (χ1) is 11.2. The van der Waals surface area contributed by atoms with Gasteiger partial charge in [0.2, 0.25) is 0 Å². The molecule has 2 aliphatic rings. The number of aliphatic hydroxyl groups is 1. The molecule has 3 rings (SSSR count). The molecule has 4 nitrogen and oxygen atoms in total. The minimum Gasteiger partial charge on any atom is -0.387 e. The number of halogens is 1. The van der Waals surface area contributed by atoms with Crippen molar-refractivity contribution >= 4 is 11.6 Å². The molecule has 0 spiro atoms. The number of likely N-dealkylation sites (tertiary alicyclic amines) is 1. The van der Waals surface area contributed by atoms with Gasteiger partial charge < -0.3 is 19.5 Å². The fourth-order valence-corrected chi connectivity index (χ4v) is 3.63. The van der Waals surface area contributed by atoms with Crippen molar-refractivity contribution < 1.29 is 14.6 Å². The number of piperidine rings is 1. The van der Waals surface area contributed by atoms with Crippen molar-refractivity contribution in [1.29, 1.82) is 0 Å². The lowest BCUT2D eigenvalue weighted by molar-refractivity contribution is -0.0453. The number of hydrogen-bond donors (Lipinski definition) is 1. The van der Waals surface area contributed by atoms with Crippen molar-refractivity contribution in [3.05, 3.63) is 34.9 Å². The number of benzene rings is 1. The van der Waals surface area contributed by atoms with Crippen molar-refractivity contribution in [2.45, 2.75) is 44.0 Å². The lowest BCUT2D eigenvalue weighted by Crippen LogP contribution is -2.40. The van der Waals surface area contributed by atoms with Crippen molar-refractivity contribution in [2.75, 3.05) is 32.8 Å². The van der Waals surface area contributed by atoms with Crippen LogP contribution in [0.4, 0.5) is 0 Å². The van der Waals surface area contributed by atoms with E-state index in [0.717, 1.165) is 57.6 Å². The number of hydrogen-bond acceptors (Lipinski definition) is 4. The molecule has 5 heteroatoms. The first-order valence-corrected chi connectivity index (χ1v) is 8.98. The number of nitrogens with zero attached hydrogens (tertiary/aromatic N) is 1. The molecule has 2 fully saturated rings. The zero-order chi connectivity index (χ0) is 16.1. The van der Waals surface area contributed by atoms with E-state index < -0.39 is 6.10 Å². The number of rotatable bonds is 6. The van der Waals surface area contributed by atoms with E-state index in [1.165, 1.54) is 0 Å². The van der Waals surface area contributed by atoms with Crippen LogP contribution in [-0.4, -0.2) is 55.1 Å².